The lowest BCUT2D eigenvalue weighted by Crippen LogP contribution is -2.53. The fraction of sp³-hybridized carbons (Fsp3) is 1.00. The lowest BCUT2D eigenvalue weighted by atomic mass is 10.0. The standard InChI is InChI=1S/C11H24N2O/c1-9-5-10(9)6-13(3)11(2,7-12)8-14-4/h9-10H,5-8,12H2,1-4H3. The quantitative estimate of drug-likeness (QED) is 0.693. The van der Waals surface area contributed by atoms with E-state index >= 15 is 0 Å². The Morgan fingerprint density at radius 3 is 2.50 bits per heavy atom. The van der Waals surface area contributed by atoms with E-state index in [9.17, 15) is 0 Å². The largest absolute Gasteiger partial charge is 0.383 e. The highest BCUT2D eigenvalue weighted by Gasteiger charge is 2.37. The molecule has 1 fully saturated rings. The van der Waals surface area contributed by atoms with Gasteiger partial charge in [0, 0.05) is 20.2 Å². The van der Waals surface area contributed by atoms with Crippen LogP contribution in [0.3, 0.4) is 0 Å². The van der Waals surface area contributed by atoms with E-state index in [4.69, 9.17) is 10.5 Å². The van der Waals surface area contributed by atoms with Gasteiger partial charge in [0.1, 0.15) is 0 Å². The molecule has 0 heterocycles. The van der Waals surface area contributed by atoms with Crippen molar-refractivity contribution in [3.63, 3.8) is 0 Å². The topological polar surface area (TPSA) is 38.5 Å². The van der Waals surface area contributed by atoms with Crippen LogP contribution in [0.4, 0.5) is 0 Å². The molecule has 1 saturated carbocycles. The van der Waals surface area contributed by atoms with E-state index in [1.165, 1.54) is 6.42 Å². The molecule has 0 amide bonds. The van der Waals surface area contributed by atoms with E-state index in [1.807, 2.05) is 0 Å². The van der Waals surface area contributed by atoms with Crippen LogP contribution in [0.25, 0.3) is 0 Å². The minimum atomic E-state index is -0.00292. The Morgan fingerprint density at radius 2 is 2.14 bits per heavy atom. The third kappa shape index (κ3) is 2.69. The highest BCUT2D eigenvalue weighted by Crippen LogP contribution is 2.38. The van der Waals surface area contributed by atoms with Gasteiger partial charge < -0.3 is 10.5 Å². The Kier molecular flexibility index (Phi) is 3.93. The Hall–Kier alpha value is -0.120. The van der Waals surface area contributed by atoms with Crippen LogP contribution >= 0.6 is 0 Å². The molecule has 0 aromatic rings. The van der Waals surface area contributed by atoms with Crippen LogP contribution in [0.5, 0.6) is 0 Å². The van der Waals surface area contributed by atoms with Gasteiger partial charge in [-0.1, -0.05) is 6.92 Å². The second-order valence-corrected chi connectivity index (χ2v) is 4.99. The number of nitrogens with two attached hydrogens (primary N) is 1. The van der Waals surface area contributed by atoms with E-state index in [0.29, 0.717) is 13.2 Å². The minimum absolute atomic E-state index is 0.00292. The van der Waals surface area contributed by atoms with E-state index in [-0.39, 0.29) is 5.54 Å². The average molecular weight is 200 g/mol. The first kappa shape index (κ1) is 12.0. The molecular weight excluding hydrogens is 176 g/mol. The van der Waals surface area contributed by atoms with E-state index in [0.717, 1.165) is 18.4 Å². The Labute approximate surface area is 87.6 Å². The maximum atomic E-state index is 5.80. The van der Waals surface area contributed by atoms with Crippen LogP contribution in [-0.2, 0) is 4.74 Å². The lowest BCUT2D eigenvalue weighted by molar-refractivity contribution is 0.0403. The van der Waals surface area contributed by atoms with Crippen molar-refractivity contribution < 1.29 is 4.74 Å². The fourth-order valence-electron chi connectivity index (χ4n) is 1.86. The predicted molar refractivity (Wildman–Crippen MR) is 59.2 cm³/mol. The third-order valence-electron chi connectivity index (χ3n) is 3.60. The zero-order valence-corrected chi connectivity index (χ0v) is 9.92. The first-order valence-corrected chi connectivity index (χ1v) is 5.43. The van der Waals surface area contributed by atoms with Gasteiger partial charge in [-0.2, -0.15) is 0 Å². The Bertz CT molecular complexity index is 186. The van der Waals surface area contributed by atoms with E-state index < -0.39 is 0 Å². The van der Waals surface area contributed by atoms with Crippen LogP contribution in [0.1, 0.15) is 20.3 Å². The molecule has 0 saturated heterocycles. The second kappa shape index (κ2) is 4.60. The van der Waals surface area contributed by atoms with Crippen LogP contribution in [-0.4, -0.2) is 44.3 Å². The molecule has 0 aromatic carbocycles. The van der Waals surface area contributed by atoms with Crippen LogP contribution in [0.2, 0.25) is 0 Å². The fourth-order valence-corrected chi connectivity index (χ4v) is 1.86. The van der Waals surface area contributed by atoms with Crippen molar-refractivity contribution >= 4 is 0 Å². The lowest BCUT2D eigenvalue weighted by Gasteiger charge is -2.37. The zero-order valence-electron chi connectivity index (χ0n) is 9.92. The molecule has 84 valence electrons. The van der Waals surface area contributed by atoms with Crippen LogP contribution in [0, 0.1) is 11.8 Å². The summed E-state index contributed by atoms with van der Waals surface area (Å²) in [4.78, 5) is 2.35. The predicted octanol–water partition coefficient (Wildman–Crippen LogP) is 0.938. The molecule has 0 aromatic heterocycles. The van der Waals surface area contributed by atoms with Gasteiger partial charge in [-0.15, -0.1) is 0 Å². The molecular formula is C11H24N2O. The van der Waals surface area contributed by atoms with Gasteiger partial charge in [0.2, 0.25) is 0 Å². The van der Waals surface area contributed by atoms with Crippen molar-refractivity contribution in [2.75, 3.05) is 33.9 Å². The van der Waals surface area contributed by atoms with Gasteiger partial charge >= 0.3 is 0 Å². The van der Waals surface area contributed by atoms with Gasteiger partial charge in [-0.25, -0.2) is 0 Å². The molecule has 1 aliphatic carbocycles. The van der Waals surface area contributed by atoms with Crippen LogP contribution in [0.15, 0.2) is 0 Å². The summed E-state index contributed by atoms with van der Waals surface area (Å²) in [5.41, 5.74) is 5.80. The molecule has 0 bridgehead atoms. The average Bonchev–Trinajstić information content (AvgIpc) is 2.82. The van der Waals surface area contributed by atoms with Gasteiger partial charge in [-0.3, -0.25) is 4.90 Å². The first-order chi connectivity index (χ1) is 6.53. The molecule has 14 heavy (non-hydrogen) atoms. The molecule has 0 radical (unpaired) electrons. The Morgan fingerprint density at radius 1 is 1.57 bits per heavy atom. The normalized spacial score (nSPS) is 30.4. The van der Waals surface area contributed by atoms with Crippen molar-refractivity contribution in [2.45, 2.75) is 25.8 Å². The summed E-state index contributed by atoms with van der Waals surface area (Å²) in [5, 5.41) is 0. The smallest absolute Gasteiger partial charge is 0.0656 e. The molecule has 3 unspecified atom stereocenters. The number of ether oxygens (including phenoxy) is 1. The van der Waals surface area contributed by atoms with E-state index in [1.54, 1.807) is 7.11 Å². The van der Waals surface area contributed by atoms with Crippen molar-refractivity contribution in [1.82, 2.24) is 4.90 Å². The number of hydrogen-bond acceptors (Lipinski definition) is 3. The molecule has 3 heteroatoms. The zero-order chi connectivity index (χ0) is 10.8. The van der Waals surface area contributed by atoms with E-state index in [2.05, 4.69) is 25.8 Å². The molecule has 0 spiro atoms. The Balaban J connectivity index is 2.41. The van der Waals surface area contributed by atoms with Crippen molar-refractivity contribution in [3.8, 4) is 0 Å². The van der Waals surface area contributed by atoms with Crippen molar-refractivity contribution in [3.05, 3.63) is 0 Å². The molecule has 1 rings (SSSR count). The molecule has 2 N–H and O–H groups in total. The number of nitrogens with zero attached hydrogens (tertiary/aromatic N) is 1. The summed E-state index contributed by atoms with van der Waals surface area (Å²) in [7, 11) is 3.89. The second-order valence-electron chi connectivity index (χ2n) is 4.99. The summed E-state index contributed by atoms with van der Waals surface area (Å²) in [6.45, 7) is 7.00. The van der Waals surface area contributed by atoms with Gasteiger partial charge in [0.05, 0.1) is 12.1 Å². The maximum Gasteiger partial charge on any atom is 0.0656 e. The summed E-state index contributed by atoms with van der Waals surface area (Å²) >= 11 is 0. The maximum absolute atomic E-state index is 5.80. The third-order valence-corrected chi connectivity index (χ3v) is 3.60. The van der Waals surface area contributed by atoms with Crippen molar-refractivity contribution in [2.24, 2.45) is 17.6 Å². The summed E-state index contributed by atoms with van der Waals surface area (Å²) in [6, 6.07) is 0. The number of methoxy groups -OCH3 is 1. The number of likely N-dealkylation sites (N-methyl/N-ethyl adjacent to an activating group) is 1. The number of hydrogen-bond donors (Lipinski definition) is 1. The molecule has 3 nitrogen and oxygen atoms in total. The molecule has 0 aliphatic heterocycles. The van der Waals surface area contributed by atoms with Crippen LogP contribution < -0.4 is 5.73 Å². The number of rotatable bonds is 6. The van der Waals surface area contributed by atoms with Gasteiger partial charge in [-0.05, 0) is 32.2 Å². The highest BCUT2D eigenvalue weighted by atomic mass is 16.5. The first-order valence-electron chi connectivity index (χ1n) is 5.43. The van der Waals surface area contributed by atoms with Gasteiger partial charge in [0.15, 0.2) is 0 Å². The molecule has 3 atom stereocenters. The molecule has 1 aliphatic rings. The summed E-state index contributed by atoms with van der Waals surface area (Å²) in [6.07, 6.45) is 1.37. The highest BCUT2D eigenvalue weighted by molar-refractivity contribution is 4.91. The summed E-state index contributed by atoms with van der Waals surface area (Å²) in [5.74, 6) is 1.78. The summed E-state index contributed by atoms with van der Waals surface area (Å²) < 4.78 is 5.23. The SMILES string of the molecule is COCC(C)(CN)N(C)CC1CC1C. The minimum Gasteiger partial charge on any atom is -0.383 e. The van der Waals surface area contributed by atoms with Crippen molar-refractivity contribution in [1.29, 1.82) is 0 Å². The monoisotopic (exact) mass is 200 g/mol. The van der Waals surface area contributed by atoms with Gasteiger partial charge in [0.25, 0.3) is 0 Å².